The first-order chi connectivity index (χ1) is 4.31. The van der Waals surface area contributed by atoms with Gasteiger partial charge in [-0.1, -0.05) is 13.3 Å². The van der Waals surface area contributed by atoms with Crippen LogP contribution >= 0.6 is 0 Å². The Kier molecular flexibility index (Phi) is 5.99. The molecule has 0 aliphatic carbocycles. The molecule has 0 radical (unpaired) electrons. The first kappa shape index (κ1) is 8.92. The molecule has 2 nitrogen and oxygen atoms in total. The van der Waals surface area contributed by atoms with Crippen molar-refractivity contribution in [3.63, 3.8) is 0 Å². The Morgan fingerprint density at radius 3 is 2.67 bits per heavy atom. The molecule has 2 heteroatoms. The van der Waals surface area contributed by atoms with E-state index in [4.69, 9.17) is 5.73 Å². The van der Waals surface area contributed by atoms with Gasteiger partial charge in [0, 0.05) is 12.6 Å². The molecule has 0 aromatic heterocycles. The van der Waals surface area contributed by atoms with E-state index in [1.54, 1.807) is 0 Å². The maximum Gasteiger partial charge on any atom is 0.0161 e. The summed E-state index contributed by atoms with van der Waals surface area (Å²) in [7, 11) is 0. The van der Waals surface area contributed by atoms with Crippen LogP contribution in [-0.2, 0) is 0 Å². The number of nitrogens with one attached hydrogen (secondary N) is 1. The molecule has 0 fully saturated rings. The predicted octanol–water partition coefficient (Wildman–Crippen LogP) is 0.723. The summed E-state index contributed by atoms with van der Waals surface area (Å²) in [5.74, 6) is 0. The Bertz CT molecular complexity index is 54.9. The molecule has 0 spiro atoms. The first-order valence-corrected chi connectivity index (χ1v) is 3.74. The van der Waals surface area contributed by atoms with E-state index in [0.29, 0.717) is 6.04 Å². The molecule has 0 amide bonds. The number of hydrogen-bond donors (Lipinski definition) is 2. The van der Waals surface area contributed by atoms with E-state index in [-0.39, 0.29) is 0 Å². The van der Waals surface area contributed by atoms with E-state index in [1.165, 1.54) is 12.8 Å². The van der Waals surface area contributed by atoms with Crippen LogP contribution in [0.5, 0.6) is 0 Å². The molecule has 0 aliphatic heterocycles. The lowest BCUT2D eigenvalue weighted by atomic mass is 10.3. The third-order valence-electron chi connectivity index (χ3n) is 1.38. The van der Waals surface area contributed by atoms with Gasteiger partial charge in [0.1, 0.15) is 0 Å². The average molecular weight is 130 g/mol. The van der Waals surface area contributed by atoms with Crippen molar-refractivity contribution in [2.45, 2.75) is 32.7 Å². The molecule has 0 aromatic rings. The van der Waals surface area contributed by atoms with E-state index in [0.717, 1.165) is 13.1 Å². The van der Waals surface area contributed by atoms with Gasteiger partial charge >= 0.3 is 0 Å². The van der Waals surface area contributed by atoms with Crippen molar-refractivity contribution in [1.82, 2.24) is 5.32 Å². The lowest BCUT2D eigenvalue weighted by Crippen LogP contribution is -2.33. The number of hydrogen-bond acceptors (Lipinski definition) is 2. The van der Waals surface area contributed by atoms with Crippen molar-refractivity contribution in [3.05, 3.63) is 0 Å². The number of nitrogens with two attached hydrogens (primary N) is 1. The Labute approximate surface area is 57.8 Å². The minimum absolute atomic E-state index is 0.483. The molecule has 0 bridgehead atoms. The van der Waals surface area contributed by atoms with Crippen molar-refractivity contribution >= 4 is 0 Å². The summed E-state index contributed by atoms with van der Waals surface area (Å²) in [6.07, 6.45) is 2.51. The van der Waals surface area contributed by atoms with Crippen LogP contribution < -0.4 is 11.1 Å². The first-order valence-electron chi connectivity index (χ1n) is 3.74. The summed E-state index contributed by atoms with van der Waals surface area (Å²) in [5, 5.41) is 3.31. The molecule has 0 heterocycles. The van der Waals surface area contributed by atoms with Gasteiger partial charge in [-0.25, -0.2) is 0 Å². The summed E-state index contributed by atoms with van der Waals surface area (Å²) < 4.78 is 0. The molecule has 0 saturated carbocycles. The summed E-state index contributed by atoms with van der Waals surface area (Å²) in [6.45, 7) is 6.14. The molecule has 0 aliphatic rings. The van der Waals surface area contributed by atoms with Crippen molar-refractivity contribution in [1.29, 1.82) is 0 Å². The van der Waals surface area contributed by atoms with Crippen LogP contribution in [0.15, 0.2) is 0 Å². The molecule has 0 saturated heterocycles. The Morgan fingerprint density at radius 2 is 2.22 bits per heavy atom. The normalized spacial score (nSPS) is 13.7. The van der Waals surface area contributed by atoms with Crippen molar-refractivity contribution in [2.75, 3.05) is 13.1 Å². The van der Waals surface area contributed by atoms with Gasteiger partial charge in [-0.3, -0.25) is 0 Å². The van der Waals surface area contributed by atoms with Gasteiger partial charge in [-0.2, -0.15) is 0 Å². The van der Waals surface area contributed by atoms with Crippen LogP contribution in [0.2, 0.25) is 0 Å². The zero-order chi connectivity index (χ0) is 7.11. The van der Waals surface area contributed by atoms with Crippen molar-refractivity contribution < 1.29 is 0 Å². The lowest BCUT2D eigenvalue weighted by molar-refractivity contribution is 0.540. The Hall–Kier alpha value is -0.0800. The predicted molar refractivity (Wildman–Crippen MR) is 41.4 cm³/mol. The van der Waals surface area contributed by atoms with Crippen molar-refractivity contribution in [3.8, 4) is 0 Å². The summed E-state index contributed by atoms with van der Waals surface area (Å²) in [4.78, 5) is 0. The monoisotopic (exact) mass is 130 g/mol. The molecular formula is C7H18N2. The molecule has 1 atom stereocenters. The number of rotatable bonds is 5. The fraction of sp³-hybridized carbons (Fsp3) is 1.00. The smallest absolute Gasteiger partial charge is 0.0161 e. The van der Waals surface area contributed by atoms with Gasteiger partial charge in [-0.15, -0.1) is 0 Å². The highest BCUT2D eigenvalue weighted by molar-refractivity contribution is 4.59. The van der Waals surface area contributed by atoms with E-state index in [9.17, 15) is 0 Å². The maximum absolute atomic E-state index is 5.39. The minimum Gasteiger partial charge on any atom is -0.329 e. The second-order valence-corrected chi connectivity index (χ2v) is 2.44. The van der Waals surface area contributed by atoms with E-state index < -0.39 is 0 Å². The van der Waals surface area contributed by atoms with Gasteiger partial charge in [0.05, 0.1) is 0 Å². The minimum atomic E-state index is 0.483. The third kappa shape index (κ3) is 5.80. The molecule has 3 N–H and O–H groups in total. The lowest BCUT2D eigenvalue weighted by Gasteiger charge is -2.09. The molecule has 0 unspecified atom stereocenters. The topological polar surface area (TPSA) is 38.0 Å². The SMILES string of the molecule is CCCCN[C@H](C)CN. The second-order valence-electron chi connectivity index (χ2n) is 2.44. The Morgan fingerprint density at radius 1 is 1.56 bits per heavy atom. The van der Waals surface area contributed by atoms with Crippen LogP contribution in [-0.4, -0.2) is 19.1 Å². The molecule has 0 rings (SSSR count). The van der Waals surface area contributed by atoms with E-state index in [2.05, 4.69) is 19.2 Å². The van der Waals surface area contributed by atoms with Gasteiger partial charge in [0.25, 0.3) is 0 Å². The summed E-state index contributed by atoms with van der Waals surface area (Å²) in [5.41, 5.74) is 5.39. The van der Waals surface area contributed by atoms with E-state index in [1.807, 2.05) is 0 Å². The molecule has 9 heavy (non-hydrogen) atoms. The summed E-state index contributed by atoms with van der Waals surface area (Å²) >= 11 is 0. The molecule has 0 aromatic carbocycles. The molecule has 56 valence electrons. The average Bonchev–Trinajstić information content (AvgIpc) is 1.89. The second kappa shape index (κ2) is 6.05. The van der Waals surface area contributed by atoms with Crippen LogP contribution in [0.4, 0.5) is 0 Å². The van der Waals surface area contributed by atoms with Crippen LogP contribution in [0.1, 0.15) is 26.7 Å². The van der Waals surface area contributed by atoms with Crippen LogP contribution in [0, 0.1) is 0 Å². The van der Waals surface area contributed by atoms with Gasteiger partial charge in [0.15, 0.2) is 0 Å². The highest BCUT2D eigenvalue weighted by atomic mass is 14.9. The fourth-order valence-electron chi connectivity index (χ4n) is 0.609. The van der Waals surface area contributed by atoms with Gasteiger partial charge in [0.2, 0.25) is 0 Å². The number of unbranched alkanes of at least 4 members (excludes halogenated alkanes) is 1. The fourth-order valence-corrected chi connectivity index (χ4v) is 0.609. The van der Waals surface area contributed by atoms with Crippen molar-refractivity contribution in [2.24, 2.45) is 5.73 Å². The quantitative estimate of drug-likeness (QED) is 0.538. The van der Waals surface area contributed by atoms with Crippen LogP contribution in [0.3, 0.4) is 0 Å². The molecular weight excluding hydrogens is 112 g/mol. The highest BCUT2D eigenvalue weighted by Gasteiger charge is 1.93. The van der Waals surface area contributed by atoms with Gasteiger partial charge < -0.3 is 11.1 Å². The standard InChI is InChI=1S/C7H18N2/c1-3-4-5-9-7(2)6-8/h7,9H,3-6,8H2,1-2H3/t7-/m1/s1. The third-order valence-corrected chi connectivity index (χ3v) is 1.38. The largest absolute Gasteiger partial charge is 0.329 e. The Balaban J connectivity index is 2.88. The van der Waals surface area contributed by atoms with Gasteiger partial charge in [-0.05, 0) is 19.9 Å². The summed E-state index contributed by atoms with van der Waals surface area (Å²) in [6, 6.07) is 0.483. The van der Waals surface area contributed by atoms with Crippen LogP contribution in [0.25, 0.3) is 0 Å². The zero-order valence-electron chi connectivity index (χ0n) is 6.48. The van der Waals surface area contributed by atoms with E-state index >= 15 is 0 Å². The highest BCUT2D eigenvalue weighted by Crippen LogP contribution is 1.83. The zero-order valence-corrected chi connectivity index (χ0v) is 6.48. The maximum atomic E-state index is 5.39.